The number of likely N-dealkylation sites (N-methyl/N-ethyl adjacent to an activating group) is 2. The van der Waals surface area contributed by atoms with Crippen LogP contribution in [0.15, 0.2) is 47.4 Å². The van der Waals surface area contributed by atoms with E-state index in [9.17, 15) is 18.0 Å². The number of hydrogen-bond donors (Lipinski definition) is 1. The molecule has 0 aliphatic heterocycles. The van der Waals surface area contributed by atoms with Crippen LogP contribution < -0.4 is 5.32 Å². The molecule has 2 aromatic rings. The van der Waals surface area contributed by atoms with Gasteiger partial charge in [-0.3, -0.25) is 9.59 Å². The van der Waals surface area contributed by atoms with Crippen molar-refractivity contribution < 1.29 is 18.0 Å². The maximum Gasteiger partial charge on any atom is 0.243 e. The standard InChI is InChI=1S/C20H22Cl3N3O4S/c1-13(20(28)24-2)26(11-16-17(22)5-4-6-18(16)23)19(27)12-25(3)31(29,30)15-9-7-14(21)8-10-15/h4-10,13H,11-12H2,1-3H3,(H,24,28). The molecule has 0 aromatic heterocycles. The number of rotatable bonds is 8. The molecule has 0 saturated carbocycles. The number of sulfonamides is 1. The van der Waals surface area contributed by atoms with Gasteiger partial charge in [0.05, 0.1) is 11.4 Å². The molecule has 2 rings (SSSR count). The minimum atomic E-state index is -3.95. The lowest BCUT2D eigenvalue weighted by Gasteiger charge is -2.30. The topological polar surface area (TPSA) is 86.8 Å². The van der Waals surface area contributed by atoms with Gasteiger partial charge in [0.15, 0.2) is 0 Å². The van der Waals surface area contributed by atoms with E-state index in [4.69, 9.17) is 34.8 Å². The molecule has 2 aromatic carbocycles. The van der Waals surface area contributed by atoms with Gasteiger partial charge in [0.1, 0.15) is 6.04 Å². The third-order valence-corrected chi connectivity index (χ3v) is 7.46. The molecule has 0 bridgehead atoms. The molecule has 0 aliphatic carbocycles. The van der Waals surface area contributed by atoms with E-state index in [2.05, 4.69) is 5.32 Å². The minimum absolute atomic E-state index is 0.00718. The van der Waals surface area contributed by atoms with Crippen molar-refractivity contribution >= 4 is 56.6 Å². The summed E-state index contributed by atoms with van der Waals surface area (Å²) in [5.41, 5.74) is 0.457. The average molecular weight is 507 g/mol. The molecule has 1 atom stereocenters. The molecule has 7 nitrogen and oxygen atoms in total. The summed E-state index contributed by atoms with van der Waals surface area (Å²) in [6.07, 6.45) is 0. The van der Waals surface area contributed by atoms with Gasteiger partial charge in [-0.1, -0.05) is 40.9 Å². The van der Waals surface area contributed by atoms with Crippen LogP contribution in [-0.2, 0) is 26.2 Å². The van der Waals surface area contributed by atoms with Gasteiger partial charge < -0.3 is 10.2 Å². The molecule has 1 N–H and O–H groups in total. The number of nitrogens with zero attached hydrogens (tertiary/aromatic N) is 2. The second kappa shape index (κ2) is 10.7. The number of halogens is 3. The van der Waals surface area contributed by atoms with Crippen LogP contribution >= 0.6 is 34.8 Å². The molecule has 31 heavy (non-hydrogen) atoms. The summed E-state index contributed by atoms with van der Waals surface area (Å²) in [5, 5.41) is 3.54. The normalized spacial score (nSPS) is 12.5. The fourth-order valence-electron chi connectivity index (χ4n) is 2.80. The van der Waals surface area contributed by atoms with Crippen LogP contribution in [0.1, 0.15) is 12.5 Å². The first-order valence-corrected chi connectivity index (χ1v) is 11.7. The monoisotopic (exact) mass is 505 g/mol. The highest BCUT2D eigenvalue weighted by molar-refractivity contribution is 7.89. The van der Waals surface area contributed by atoms with Gasteiger partial charge >= 0.3 is 0 Å². The predicted molar refractivity (Wildman–Crippen MR) is 122 cm³/mol. The van der Waals surface area contributed by atoms with Gasteiger partial charge in [-0.25, -0.2) is 8.42 Å². The summed E-state index contributed by atoms with van der Waals surface area (Å²) < 4.78 is 26.6. The maximum atomic E-state index is 13.1. The summed E-state index contributed by atoms with van der Waals surface area (Å²) in [6, 6.07) is 9.61. The van der Waals surface area contributed by atoms with E-state index < -0.39 is 34.4 Å². The minimum Gasteiger partial charge on any atom is -0.357 e. The van der Waals surface area contributed by atoms with Gasteiger partial charge in [0, 0.05) is 41.3 Å². The molecule has 2 amide bonds. The van der Waals surface area contributed by atoms with E-state index in [1.54, 1.807) is 18.2 Å². The van der Waals surface area contributed by atoms with Crippen molar-refractivity contribution in [3.63, 3.8) is 0 Å². The van der Waals surface area contributed by atoms with Crippen molar-refractivity contribution in [1.82, 2.24) is 14.5 Å². The molecule has 0 radical (unpaired) electrons. The number of carbonyl (C=O) groups excluding carboxylic acids is 2. The summed E-state index contributed by atoms with van der Waals surface area (Å²) in [4.78, 5) is 26.6. The zero-order chi connectivity index (χ0) is 23.3. The van der Waals surface area contributed by atoms with Gasteiger partial charge in [-0.15, -0.1) is 0 Å². The van der Waals surface area contributed by atoms with Crippen molar-refractivity contribution in [2.75, 3.05) is 20.6 Å². The number of benzene rings is 2. The molecule has 0 fully saturated rings. The summed E-state index contributed by atoms with van der Waals surface area (Å²) >= 11 is 18.3. The van der Waals surface area contributed by atoms with Crippen molar-refractivity contribution in [1.29, 1.82) is 0 Å². The highest BCUT2D eigenvalue weighted by Gasteiger charge is 2.30. The van der Waals surface area contributed by atoms with Crippen LogP contribution in [0.25, 0.3) is 0 Å². The van der Waals surface area contributed by atoms with Crippen molar-refractivity contribution in [3.8, 4) is 0 Å². The van der Waals surface area contributed by atoms with Crippen LogP contribution in [0.3, 0.4) is 0 Å². The predicted octanol–water partition coefficient (Wildman–Crippen LogP) is 3.43. The van der Waals surface area contributed by atoms with E-state index in [1.165, 1.54) is 50.2 Å². The molecule has 1 unspecified atom stereocenters. The van der Waals surface area contributed by atoms with Crippen molar-refractivity contribution in [2.24, 2.45) is 0 Å². The zero-order valence-electron chi connectivity index (χ0n) is 17.1. The SMILES string of the molecule is CNC(=O)C(C)N(Cc1c(Cl)cccc1Cl)C(=O)CN(C)S(=O)(=O)c1ccc(Cl)cc1. The highest BCUT2D eigenvalue weighted by atomic mass is 35.5. The molecule has 0 heterocycles. The lowest BCUT2D eigenvalue weighted by Crippen LogP contribution is -2.50. The first kappa shape index (κ1) is 25.4. The van der Waals surface area contributed by atoms with Crippen LogP contribution in [0.5, 0.6) is 0 Å². The third kappa shape index (κ3) is 6.11. The number of nitrogens with one attached hydrogen (secondary N) is 1. The van der Waals surface area contributed by atoms with Crippen LogP contribution in [-0.4, -0.2) is 56.1 Å². The van der Waals surface area contributed by atoms with Crippen LogP contribution in [0, 0.1) is 0 Å². The zero-order valence-corrected chi connectivity index (χ0v) is 20.2. The van der Waals surface area contributed by atoms with Gasteiger partial charge in [0.2, 0.25) is 21.8 Å². The van der Waals surface area contributed by atoms with Crippen LogP contribution in [0.2, 0.25) is 15.1 Å². The molecule has 0 aliphatic rings. The van der Waals surface area contributed by atoms with Crippen molar-refractivity contribution in [2.45, 2.75) is 24.4 Å². The molecule has 0 saturated heterocycles. The summed E-state index contributed by atoms with van der Waals surface area (Å²) in [7, 11) is -1.22. The van der Waals surface area contributed by atoms with Crippen molar-refractivity contribution in [3.05, 3.63) is 63.1 Å². The third-order valence-electron chi connectivity index (χ3n) is 4.68. The van der Waals surface area contributed by atoms with Gasteiger partial charge in [-0.05, 0) is 43.3 Å². The Morgan fingerprint density at radius 2 is 1.58 bits per heavy atom. The van der Waals surface area contributed by atoms with E-state index in [0.29, 0.717) is 20.6 Å². The molecular weight excluding hydrogens is 485 g/mol. The van der Waals surface area contributed by atoms with Gasteiger partial charge in [0.25, 0.3) is 0 Å². The Morgan fingerprint density at radius 1 is 1.03 bits per heavy atom. The van der Waals surface area contributed by atoms with Gasteiger partial charge in [-0.2, -0.15) is 4.31 Å². The second-order valence-electron chi connectivity index (χ2n) is 6.73. The first-order chi connectivity index (χ1) is 14.5. The molecule has 11 heteroatoms. The Hall–Kier alpha value is -1.84. The Labute approximate surface area is 196 Å². The first-order valence-electron chi connectivity index (χ1n) is 9.15. The lowest BCUT2D eigenvalue weighted by atomic mass is 10.1. The summed E-state index contributed by atoms with van der Waals surface area (Å²) in [5.74, 6) is -1.01. The molecule has 0 spiro atoms. The van der Waals surface area contributed by atoms with Crippen LogP contribution in [0.4, 0.5) is 0 Å². The second-order valence-corrected chi connectivity index (χ2v) is 10.0. The Morgan fingerprint density at radius 3 is 2.10 bits per heavy atom. The number of carbonyl (C=O) groups is 2. The Kier molecular flexibility index (Phi) is 8.73. The van der Waals surface area contributed by atoms with E-state index in [0.717, 1.165) is 4.31 Å². The summed E-state index contributed by atoms with van der Waals surface area (Å²) in [6.45, 7) is 0.976. The molecular formula is C20H22Cl3N3O4S. The fraction of sp³-hybridized carbons (Fsp3) is 0.300. The Bertz CT molecular complexity index is 1040. The maximum absolute atomic E-state index is 13.1. The Balaban J connectivity index is 2.32. The number of hydrogen-bond acceptors (Lipinski definition) is 4. The smallest absolute Gasteiger partial charge is 0.243 e. The van der Waals surface area contributed by atoms with E-state index in [-0.39, 0.29) is 11.4 Å². The van der Waals surface area contributed by atoms with E-state index in [1.807, 2.05) is 0 Å². The average Bonchev–Trinajstić information content (AvgIpc) is 2.72. The van der Waals surface area contributed by atoms with E-state index >= 15 is 0 Å². The quantitative estimate of drug-likeness (QED) is 0.594. The fourth-order valence-corrected chi connectivity index (χ4v) is 4.56. The lowest BCUT2D eigenvalue weighted by molar-refractivity contribution is -0.140. The number of amides is 2. The molecule has 168 valence electrons. The highest BCUT2D eigenvalue weighted by Crippen LogP contribution is 2.27. The largest absolute Gasteiger partial charge is 0.357 e.